The van der Waals surface area contributed by atoms with Gasteiger partial charge in [0, 0.05) is 16.8 Å². The van der Waals surface area contributed by atoms with E-state index in [9.17, 15) is 9.18 Å². The standard InChI is InChI=1S/C22H15ClFN5O2S/c1-10-6-16-19(26-11(10)2)21(30)20(28-29(16)15-5-4-12(23)7-13(15)24)22-27-14-9-25-18(31-3)8-17(14)32-22/h4-9H,1-3H3. The first-order valence-electron chi connectivity index (χ1n) is 9.53. The molecule has 4 aromatic heterocycles. The maximum Gasteiger partial charge on any atom is 0.236 e. The molecule has 0 N–H and O–H groups in total. The summed E-state index contributed by atoms with van der Waals surface area (Å²) in [6, 6.07) is 7.79. The Bertz CT molecular complexity index is 1600. The van der Waals surface area contributed by atoms with Crippen molar-refractivity contribution in [3.05, 3.63) is 68.8 Å². The smallest absolute Gasteiger partial charge is 0.236 e. The molecule has 0 unspecified atom stereocenters. The fourth-order valence-corrected chi connectivity index (χ4v) is 4.44. The van der Waals surface area contributed by atoms with E-state index < -0.39 is 5.82 Å². The average molecular weight is 468 g/mol. The topological polar surface area (TPSA) is 82.8 Å². The summed E-state index contributed by atoms with van der Waals surface area (Å²) in [5.74, 6) is -0.134. The Morgan fingerprint density at radius 3 is 2.72 bits per heavy atom. The van der Waals surface area contributed by atoms with Crippen molar-refractivity contribution in [2.75, 3.05) is 7.11 Å². The molecule has 0 aliphatic carbocycles. The monoisotopic (exact) mass is 467 g/mol. The minimum absolute atomic E-state index is 0.0720. The highest BCUT2D eigenvalue weighted by molar-refractivity contribution is 7.21. The molecule has 0 aliphatic rings. The zero-order valence-corrected chi connectivity index (χ0v) is 18.8. The highest BCUT2D eigenvalue weighted by Gasteiger charge is 2.20. The van der Waals surface area contributed by atoms with E-state index in [0.29, 0.717) is 27.6 Å². The van der Waals surface area contributed by atoms with Crippen LogP contribution in [0, 0.1) is 19.7 Å². The molecule has 7 nitrogen and oxygen atoms in total. The van der Waals surface area contributed by atoms with Crippen LogP contribution in [0.1, 0.15) is 11.3 Å². The van der Waals surface area contributed by atoms with Gasteiger partial charge in [0.25, 0.3) is 0 Å². The van der Waals surface area contributed by atoms with Crippen LogP contribution in [0.15, 0.2) is 41.3 Å². The molecule has 160 valence electrons. The number of halogens is 2. The van der Waals surface area contributed by atoms with Gasteiger partial charge in [-0.1, -0.05) is 11.6 Å². The van der Waals surface area contributed by atoms with Gasteiger partial charge >= 0.3 is 0 Å². The highest BCUT2D eigenvalue weighted by Crippen LogP contribution is 2.31. The van der Waals surface area contributed by atoms with Gasteiger partial charge in [-0.15, -0.1) is 11.3 Å². The Kier molecular flexibility index (Phi) is 4.87. The fourth-order valence-electron chi connectivity index (χ4n) is 3.33. The first kappa shape index (κ1) is 20.5. The zero-order valence-electron chi connectivity index (χ0n) is 17.2. The minimum Gasteiger partial charge on any atom is -0.481 e. The molecule has 0 spiro atoms. The summed E-state index contributed by atoms with van der Waals surface area (Å²) in [6.07, 6.45) is 1.57. The van der Waals surface area contributed by atoms with Crippen LogP contribution in [0.25, 0.3) is 37.6 Å². The second kappa shape index (κ2) is 7.61. The molecule has 0 saturated carbocycles. The largest absolute Gasteiger partial charge is 0.481 e. The van der Waals surface area contributed by atoms with E-state index in [1.807, 2.05) is 13.8 Å². The van der Waals surface area contributed by atoms with Crippen LogP contribution in [0.5, 0.6) is 5.88 Å². The van der Waals surface area contributed by atoms with Gasteiger partial charge in [-0.2, -0.15) is 5.10 Å². The molecule has 0 amide bonds. The number of hydrogen-bond donors (Lipinski definition) is 0. The highest BCUT2D eigenvalue weighted by atomic mass is 35.5. The molecule has 5 aromatic rings. The van der Waals surface area contributed by atoms with E-state index >= 15 is 0 Å². The molecule has 4 heterocycles. The van der Waals surface area contributed by atoms with E-state index in [1.165, 1.54) is 35.3 Å². The minimum atomic E-state index is -0.572. The van der Waals surface area contributed by atoms with Gasteiger partial charge in [-0.3, -0.25) is 4.79 Å². The first-order chi connectivity index (χ1) is 15.4. The number of nitrogens with zero attached hydrogens (tertiary/aromatic N) is 5. The van der Waals surface area contributed by atoms with Crippen LogP contribution in [0.2, 0.25) is 5.02 Å². The number of methoxy groups -OCH3 is 1. The number of ether oxygens (including phenoxy) is 1. The normalized spacial score (nSPS) is 11.4. The van der Waals surface area contributed by atoms with Gasteiger partial charge in [0.1, 0.15) is 27.5 Å². The lowest BCUT2D eigenvalue weighted by Crippen LogP contribution is -2.18. The number of aromatic nitrogens is 5. The SMILES string of the molecule is COc1cc2sc(-c3nn(-c4ccc(Cl)cc4F)c4cc(C)c(C)nc4c3=O)nc2cn1. The van der Waals surface area contributed by atoms with E-state index in [2.05, 4.69) is 20.1 Å². The predicted molar refractivity (Wildman–Crippen MR) is 123 cm³/mol. The summed E-state index contributed by atoms with van der Waals surface area (Å²) in [5, 5.41) is 5.16. The van der Waals surface area contributed by atoms with E-state index in [-0.39, 0.29) is 27.3 Å². The number of pyridine rings is 2. The number of fused-ring (bicyclic) bond motifs is 2. The summed E-state index contributed by atoms with van der Waals surface area (Å²) in [5.41, 5.74) is 2.57. The second-order valence-electron chi connectivity index (χ2n) is 7.16. The molecule has 10 heteroatoms. The molecular formula is C22H15ClFN5O2S. The third kappa shape index (κ3) is 3.30. The van der Waals surface area contributed by atoms with Gasteiger partial charge in [0.15, 0.2) is 5.69 Å². The lowest BCUT2D eigenvalue weighted by Gasteiger charge is -2.13. The van der Waals surface area contributed by atoms with Crippen LogP contribution in [-0.4, -0.2) is 31.8 Å². The summed E-state index contributed by atoms with van der Waals surface area (Å²) < 4.78 is 22.2. The molecule has 0 aliphatic heterocycles. The van der Waals surface area contributed by atoms with Crippen molar-refractivity contribution >= 4 is 44.2 Å². The Morgan fingerprint density at radius 2 is 1.97 bits per heavy atom. The van der Waals surface area contributed by atoms with Gasteiger partial charge in [0.2, 0.25) is 11.3 Å². The Morgan fingerprint density at radius 1 is 1.16 bits per heavy atom. The molecule has 0 fully saturated rings. The van der Waals surface area contributed by atoms with Crippen molar-refractivity contribution in [2.24, 2.45) is 0 Å². The molecule has 0 bridgehead atoms. The number of aryl methyl sites for hydroxylation is 2. The van der Waals surface area contributed by atoms with Crippen molar-refractivity contribution in [3.63, 3.8) is 0 Å². The maximum absolute atomic E-state index is 14.9. The Labute approximate surface area is 190 Å². The molecule has 5 rings (SSSR count). The zero-order chi connectivity index (χ0) is 22.6. The van der Waals surface area contributed by atoms with Crippen LogP contribution >= 0.6 is 22.9 Å². The van der Waals surface area contributed by atoms with E-state index in [1.54, 1.807) is 24.4 Å². The summed E-state index contributed by atoms with van der Waals surface area (Å²) >= 11 is 7.21. The predicted octanol–water partition coefficient (Wildman–Crippen LogP) is 4.87. The van der Waals surface area contributed by atoms with Crippen LogP contribution in [0.4, 0.5) is 4.39 Å². The van der Waals surface area contributed by atoms with Crippen LogP contribution < -0.4 is 10.2 Å². The van der Waals surface area contributed by atoms with Gasteiger partial charge < -0.3 is 4.74 Å². The summed E-state index contributed by atoms with van der Waals surface area (Å²) in [6.45, 7) is 3.69. The maximum atomic E-state index is 14.9. The molecular weight excluding hydrogens is 453 g/mol. The first-order valence-corrected chi connectivity index (χ1v) is 10.7. The van der Waals surface area contributed by atoms with Gasteiger partial charge in [-0.05, 0) is 43.7 Å². The quantitative estimate of drug-likeness (QED) is 0.376. The lowest BCUT2D eigenvalue weighted by atomic mass is 10.2. The van der Waals surface area contributed by atoms with E-state index in [4.69, 9.17) is 16.3 Å². The fraction of sp³-hybridized carbons (Fsp3) is 0.136. The number of hydrogen-bond acceptors (Lipinski definition) is 7. The summed E-state index contributed by atoms with van der Waals surface area (Å²) in [4.78, 5) is 26.6. The summed E-state index contributed by atoms with van der Waals surface area (Å²) in [7, 11) is 1.52. The molecule has 1 aromatic carbocycles. The second-order valence-corrected chi connectivity index (χ2v) is 8.62. The van der Waals surface area contributed by atoms with Crippen molar-refractivity contribution in [1.29, 1.82) is 0 Å². The molecule has 0 radical (unpaired) electrons. The molecule has 32 heavy (non-hydrogen) atoms. The van der Waals surface area contributed by atoms with Crippen molar-refractivity contribution in [3.8, 4) is 22.3 Å². The van der Waals surface area contributed by atoms with Crippen molar-refractivity contribution < 1.29 is 9.13 Å². The van der Waals surface area contributed by atoms with Gasteiger partial charge in [0.05, 0.1) is 23.5 Å². The van der Waals surface area contributed by atoms with Crippen LogP contribution in [-0.2, 0) is 0 Å². The van der Waals surface area contributed by atoms with E-state index in [0.717, 1.165) is 10.3 Å². The van der Waals surface area contributed by atoms with Gasteiger partial charge in [-0.25, -0.2) is 24.0 Å². The molecule has 0 saturated heterocycles. The third-order valence-corrected chi connectivity index (χ3v) is 6.36. The Hall–Kier alpha value is -3.43. The van der Waals surface area contributed by atoms with Crippen molar-refractivity contribution in [2.45, 2.75) is 13.8 Å². The third-order valence-electron chi connectivity index (χ3n) is 5.10. The average Bonchev–Trinajstić information content (AvgIpc) is 3.19. The molecule has 0 atom stereocenters. The number of thiazole rings is 1. The number of benzene rings is 1. The lowest BCUT2D eigenvalue weighted by molar-refractivity contribution is 0.399. The van der Waals surface area contributed by atoms with Crippen LogP contribution in [0.3, 0.4) is 0 Å². The Balaban J connectivity index is 1.85. The number of rotatable bonds is 3. The van der Waals surface area contributed by atoms with Crippen molar-refractivity contribution in [1.82, 2.24) is 24.7 Å².